The first-order valence-corrected chi connectivity index (χ1v) is 8.62. The molecule has 4 rings (SSSR count). The van der Waals surface area contributed by atoms with Crippen LogP contribution in [0.4, 0.5) is 5.82 Å². The lowest BCUT2D eigenvalue weighted by Crippen LogP contribution is -3.00. The number of benzene rings is 1. The molecule has 1 saturated heterocycles. The Morgan fingerprint density at radius 2 is 1.80 bits per heavy atom. The molecule has 0 saturated carbocycles. The maximum Gasteiger partial charge on any atom is 0.168 e. The number of likely N-dealkylation sites (tertiary alicyclic amines) is 1. The lowest BCUT2D eigenvalue weighted by atomic mass is 10.1. The van der Waals surface area contributed by atoms with Gasteiger partial charge in [0, 0.05) is 13.1 Å². The van der Waals surface area contributed by atoms with Crippen molar-refractivity contribution in [2.75, 3.05) is 31.5 Å². The standard InChI is InChI=1S/C18H22N6.ClH/c1-3-7-15(8-4-1)24-18-16(13-22-24)17(20-14-21-18)19-9-12-23-10-5-2-6-11-23;/h1,3-4,7-8,13-14H,2,5-6,9-12H2,(H,19,20,21);1H/p-1. The van der Waals surface area contributed by atoms with Crippen LogP contribution in [0.2, 0.25) is 0 Å². The van der Waals surface area contributed by atoms with Crippen molar-refractivity contribution in [3.63, 3.8) is 0 Å². The summed E-state index contributed by atoms with van der Waals surface area (Å²) in [5.41, 5.74) is 1.84. The van der Waals surface area contributed by atoms with E-state index in [-0.39, 0.29) is 12.4 Å². The summed E-state index contributed by atoms with van der Waals surface area (Å²) in [6, 6.07) is 10.1. The molecule has 3 heterocycles. The molecule has 1 aliphatic heterocycles. The molecule has 1 fully saturated rings. The minimum atomic E-state index is 0. The second-order valence-electron chi connectivity index (χ2n) is 6.18. The molecule has 6 nitrogen and oxygen atoms in total. The summed E-state index contributed by atoms with van der Waals surface area (Å²) in [5.74, 6) is 0.860. The topological polar surface area (TPSA) is 58.9 Å². The van der Waals surface area contributed by atoms with Crippen LogP contribution in [0.25, 0.3) is 16.7 Å². The third-order valence-electron chi connectivity index (χ3n) is 4.54. The second-order valence-corrected chi connectivity index (χ2v) is 6.18. The van der Waals surface area contributed by atoms with E-state index >= 15 is 0 Å². The van der Waals surface area contributed by atoms with E-state index in [4.69, 9.17) is 0 Å². The largest absolute Gasteiger partial charge is 1.00 e. The number of fused-ring (bicyclic) bond motifs is 1. The van der Waals surface area contributed by atoms with E-state index in [0.29, 0.717) is 0 Å². The quantitative estimate of drug-likeness (QED) is 0.680. The molecule has 1 N–H and O–H groups in total. The summed E-state index contributed by atoms with van der Waals surface area (Å²) in [6.07, 6.45) is 7.45. The number of hydrogen-bond donors (Lipinski definition) is 1. The van der Waals surface area contributed by atoms with E-state index < -0.39 is 0 Å². The zero-order valence-electron chi connectivity index (χ0n) is 14.1. The highest BCUT2D eigenvalue weighted by atomic mass is 35.5. The molecule has 3 aromatic rings. The second kappa shape index (κ2) is 8.27. The van der Waals surface area contributed by atoms with Crippen molar-refractivity contribution in [2.45, 2.75) is 19.3 Å². The van der Waals surface area contributed by atoms with Crippen LogP contribution >= 0.6 is 0 Å². The van der Waals surface area contributed by atoms with Gasteiger partial charge < -0.3 is 22.6 Å². The van der Waals surface area contributed by atoms with Crippen LogP contribution in [-0.4, -0.2) is 50.8 Å². The number of aromatic nitrogens is 4. The Morgan fingerprint density at radius 1 is 1.00 bits per heavy atom. The maximum absolute atomic E-state index is 4.49. The summed E-state index contributed by atoms with van der Waals surface area (Å²) in [6.45, 7) is 4.38. The van der Waals surface area contributed by atoms with E-state index in [2.05, 4.69) is 25.3 Å². The number of nitrogens with one attached hydrogen (secondary N) is 1. The predicted molar refractivity (Wildman–Crippen MR) is 95.4 cm³/mol. The van der Waals surface area contributed by atoms with Gasteiger partial charge in [-0.1, -0.05) is 24.6 Å². The molecule has 7 heteroatoms. The Hall–Kier alpha value is -2.18. The van der Waals surface area contributed by atoms with Gasteiger partial charge in [-0.05, 0) is 38.1 Å². The maximum atomic E-state index is 4.49. The molecular formula is C18H22ClN6-. The van der Waals surface area contributed by atoms with Gasteiger partial charge >= 0.3 is 0 Å². The summed E-state index contributed by atoms with van der Waals surface area (Å²) < 4.78 is 1.85. The average molecular weight is 358 g/mol. The van der Waals surface area contributed by atoms with Crippen LogP contribution in [0, 0.1) is 0 Å². The number of hydrogen-bond acceptors (Lipinski definition) is 5. The van der Waals surface area contributed by atoms with Crippen molar-refractivity contribution in [3.8, 4) is 5.69 Å². The van der Waals surface area contributed by atoms with Gasteiger partial charge in [0.1, 0.15) is 12.1 Å². The van der Waals surface area contributed by atoms with Crippen LogP contribution in [0.15, 0.2) is 42.9 Å². The van der Waals surface area contributed by atoms with Gasteiger partial charge in [-0.15, -0.1) is 0 Å². The average Bonchev–Trinajstić information content (AvgIpc) is 3.08. The molecule has 25 heavy (non-hydrogen) atoms. The van der Waals surface area contributed by atoms with E-state index in [1.165, 1.54) is 32.4 Å². The fourth-order valence-corrected chi connectivity index (χ4v) is 3.26. The Bertz CT molecular complexity index is 798. The molecule has 0 spiro atoms. The molecule has 132 valence electrons. The molecule has 1 aromatic carbocycles. The predicted octanol–water partition coefficient (Wildman–Crippen LogP) is -0.283. The van der Waals surface area contributed by atoms with Gasteiger partial charge in [0.25, 0.3) is 0 Å². The fourth-order valence-electron chi connectivity index (χ4n) is 3.26. The Morgan fingerprint density at radius 3 is 2.60 bits per heavy atom. The van der Waals surface area contributed by atoms with Gasteiger partial charge in [-0.2, -0.15) is 5.10 Å². The Balaban J connectivity index is 0.00000182. The van der Waals surface area contributed by atoms with Crippen LogP contribution in [0.5, 0.6) is 0 Å². The summed E-state index contributed by atoms with van der Waals surface area (Å²) in [5, 5.41) is 8.90. The monoisotopic (exact) mass is 357 g/mol. The molecule has 2 aromatic heterocycles. The van der Waals surface area contributed by atoms with Gasteiger partial charge in [0.15, 0.2) is 5.65 Å². The van der Waals surface area contributed by atoms with Crippen molar-refractivity contribution >= 4 is 16.9 Å². The van der Waals surface area contributed by atoms with Crippen LogP contribution < -0.4 is 17.7 Å². The SMILES string of the molecule is [Cl-].c1ccc(-n2ncc3c(NCCN4CCCCC4)ncnc32)cc1. The minimum absolute atomic E-state index is 0. The molecule has 1 aliphatic rings. The number of piperidine rings is 1. The van der Waals surface area contributed by atoms with Gasteiger partial charge in [0.2, 0.25) is 0 Å². The molecule has 0 unspecified atom stereocenters. The van der Waals surface area contributed by atoms with Crippen molar-refractivity contribution < 1.29 is 12.4 Å². The molecule has 0 radical (unpaired) electrons. The number of nitrogens with zero attached hydrogens (tertiary/aromatic N) is 5. The van der Waals surface area contributed by atoms with E-state index in [0.717, 1.165) is 35.6 Å². The van der Waals surface area contributed by atoms with Crippen molar-refractivity contribution in [3.05, 3.63) is 42.9 Å². The smallest absolute Gasteiger partial charge is 0.168 e. The van der Waals surface area contributed by atoms with Crippen molar-refractivity contribution in [1.82, 2.24) is 24.6 Å². The van der Waals surface area contributed by atoms with E-state index in [1.807, 2.05) is 41.2 Å². The summed E-state index contributed by atoms with van der Waals surface area (Å²) >= 11 is 0. The first-order chi connectivity index (χ1) is 11.9. The first-order valence-electron chi connectivity index (χ1n) is 8.62. The highest BCUT2D eigenvalue weighted by molar-refractivity contribution is 5.87. The minimum Gasteiger partial charge on any atom is -1.00 e. The third-order valence-corrected chi connectivity index (χ3v) is 4.54. The molecule has 0 bridgehead atoms. The van der Waals surface area contributed by atoms with Crippen molar-refractivity contribution in [2.24, 2.45) is 0 Å². The molecule has 0 atom stereocenters. The number of rotatable bonds is 5. The fraction of sp³-hybridized carbons (Fsp3) is 0.389. The third kappa shape index (κ3) is 3.91. The van der Waals surface area contributed by atoms with E-state index in [1.54, 1.807) is 6.33 Å². The van der Waals surface area contributed by atoms with Crippen LogP contribution in [-0.2, 0) is 0 Å². The van der Waals surface area contributed by atoms with Gasteiger partial charge in [-0.25, -0.2) is 14.6 Å². The van der Waals surface area contributed by atoms with Gasteiger partial charge in [-0.3, -0.25) is 0 Å². The lowest BCUT2D eigenvalue weighted by Gasteiger charge is -2.26. The molecule has 0 amide bonds. The summed E-state index contributed by atoms with van der Waals surface area (Å²) in [4.78, 5) is 11.3. The number of halogens is 1. The van der Waals surface area contributed by atoms with Gasteiger partial charge in [0.05, 0.1) is 17.3 Å². The Labute approximate surface area is 153 Å². The lowest BCUT2D eigenvalue weighted by molar-refractivity contribution is -0.00000501. The van der Waals surface area contributed by atoms with Crippen molar-refractivity contribution in [1.29, 1.82) is 0 Å². The Kier molecular flexibility index (Phi) is 5.83. The number of anilines is 1. The van der Waals surface area contributed by atoms with E-state index in [9.17, 15) is 0 Å². The molecular weight excluding hydrogens is 336 g/mol. The summed E-state index contributed by atoms with van der Waals surface area (Å²) in [7, 11) is 0. The zero-order valence-corrected chi connectivity index (χ0v) is 14.9. The first kappa shape index (κ1) is 17.6. The normalized spacial score (nSPS) is 15.0. The zero-order chi connectivity index (χ0) is 16.2. The number of para-hydroxylation sites is 1. The highest BCUT2D eigenvalue weighted by Crippen LogP contribution is 2.21. The van der Waals surface area contributed by atoms with Crippen LogP contribution in [0.3, 0.4) is 0 Å². The molecule has 0 aliphatic carbocycles. The highest BCUT2D eigenvalue weighted by Gasteiger charge is 2.12. The van der Waals surface area contributed by atoms with Crippen LogP contribution in [0.1, 0.15) is 19.3 Å².